The molecular weight excluding hydrogens is 399 g/mol. The molecule has 0 radical (unpaired) electrons. The van der Waals surface area contributed by atoms with Crippen molar-refractivity contribution in [1.29, 1.82) is 0 Å². The second-order valence-electron chi connectivity index (χ2n) is 8.21. The molecule has 0 aromatic carbocycles. The smallest absolute Gasteiger partial charge is 0.230 e. The molecule has 3 N–H and O–H groups in total. The molecule has 2 heterocycles. The molecule has 5 unspecified atom stereocenters. The zero-order chi connectivity index (χ0) is 18.3. The number of rotatable bonds is 3. The quantitative estimate of drug-likeness (QED) is 0.774. The molecule has 8 heteroatoms. The number of hydrogen-bond acceptors (Lipinski definition) is 4. The van der Waals surface area contributed by atoms with Crippen LogP contribution in [0.4, 0.5) is 5.82 Å². The summed E-state index contributed by atoms with van der Waals surface area (Å²) in [5.74, 6) is 1.47. The molecule has 3 fully saturated rings. The van der Waals surface area contributed by atoms with Crippen LogP contribution in [0.5, 0.6) is 0 Å². The summed E-state index contributed by atoms with van der Waals surface area (Å²) in [6, 6.07) is 5.58. The fourth-order valence-corrected chi connectivity index (χ4v) is 5.15. The maximum atomic E-state index is 13.1. The van der Waals surface area contributed by atoms with Crippen LogP contribution < -0.4 is 11.1 Å². The monoisotopic (exact) mass is 428 g/mol. The number of aryl methyl sites for hydroxylation is 1. The van der Waals surface area contributed by atoms with Crippen molar-refractivity contribution in [2.24, 2.45) is 29.4 Å². The number of nitrogens with zero attached hydrogens (tertiary/aromatic N) is 2. The molecule has 6 nitrogen and oxygen atoms in total. The number of amides is 2. The number of nitrogens with two attached hydrogens (primary N) is 1. The highest BCUT2D eigenvalue weighted by molar-refractivity contribution is 5.92. The van der Waals surface area contributed by atoms with Gasteiger partial charge in [-0.15, -0.1) is 24.8 Å². The first-order valence-corrected chi connectivity index (χ1v) is 9.82. The molecule has 28 heavy (non-hydrogen) atoms. The van der Waals surface area contributed by atoms with Crippen LogP contribution in [0.15, 0.2) is 18.2 Å². The number of halogens is 2. The lowest BCUT2D eigenvalue weighted by Crippen LogP contribution is -2.51. The van der Waals surface area contributed by atoms with Crippen molar-refractivity contribution >= 4 is 42.4 Å². The Labute approximate surface area is 178 Å². The van der Waals surface area contributed by atoms with Gasteiger partial charge in [-0.1, -0.05) is 6.07 Å². The van der Waals surface area contributed by atoms with Gasteiger partial charge in [0.05, 0.1) is 11.8 Å². The Bertz CT molecular complexity index is 715. The fraction of sp³-hybridized carbons (Fsp3) is 0.650. The lowest BCUT2D eigenvalue weighted by atomic mass is 9.83. The highest BCUT2D eigenvalue weighted by Crippen LogP contribution is 2.48. The zero-order valence-electron chi connectivity index (χ0n) is 16.2. The Morgan fingerprint density at radius 2 is 1.93 bits per heavy atom. The maximum absolute atomic E-state index is 13.1. The average molecular weight is 429 g/mol. The predicted octanol–water partition coefficient (Wildman–Crippen LogP) is 2.78. The zero-order valence-corrected chi connectivity index (χ0v) is 17.8. The van der Waals surface area contributed by atoms with Crippen molar-refractivity contribution in [2.45, 2.75) is 45.1 Å². The second kappa shape index (κ2) is 9.42. The molecule has 2 saturated carbocycles. The van der Waals surface area contributed by atoms with Gasteiger partial charge in [0.1, 0.15) is 5.82 Å². The van der Waals surface area contributed by atoms with Gasteiger partial charge in [0.25, 0.3) is 0 Å². The molecule has 5 atom stereocenters. The van der Waals surface area contributed by atoms with E-state index in [0.717, 1.165) is 37.9 Å². The van der Waals surface area contributed by atoms with Crippen molar-refractivity contribution in [3.63, 3.8) is 0 Å². The third-order valence-electron chi connectivity index (χ3n) is 6.51. The van der Waals surface area contributed by atoms with Crippen LogP contribution in [0.2, 0.25) is 0 Å². The number of anilines is 1. The van der Waals surface area contributed by atoms with Gasteiger partial charge >= 0.3 is 0 Å². The number of carbonyl (C=O) groups excluding carboxylic acids is 2. The molecule has 2 aliphatic carbocycles. The average Bonchev–Trinajstić information content (AvgIpc) is 3.22. The lowest BCUT2D eigenvalue weighted by molar-refractivity contribution is -0.140. The molecule has 2 bridgehead atoms. The second-order valence-corrected chi connectivity index (χ2v) is 8.21. The number of carbonyl (C=O) groups is 2. The number of hydrogen-bond donors (Lipinski definition) is 2. The molecule has 0 spiro atoms. The van der Waals surface area contributed by atoms with Crippen molar-refractivity contribution in [1.82, 2.24) is 9.88 Å². The van der Waals surface area contributed by atoms with E-state index in [1.807, 2.05) is 24.0 Å². The normalized spacial score (nSPS) is 30.9. The summed E-state index contributed by atoms with van der Waals surface area (Å²) in [5, 5.41) is 2.90. The summed E-state index contributed by atoms with van der Waals surface area (Å²) in [7, 11) is 0. The third kappa shape index (κ3) is 4.44. The van der Waals surface area contributed by atoms with Gasteiger partial charge in [-0.3, -0.25) is 9.59 Å². The van der Waals surface area contributed by atoms with E-state index in [1.165, 1.54) is 6.42 Å². The molecule has 156 valence electrons. The van der Waals surface area contributed by atoms with Crippen LogP contribution in [-0.2, 0) is 9.59 Å². The van der Waals surface area contributed by atoms with Gasteiger partial charge in [0.2, 0.25) is 11.8 Å². The van der Waals surface area contributed by atoms with Gasteiger partial charge in [-0.25, -0.2) is 4.98 Å². The number of pyridine rings is 1. The Hall–Kier alpha value is -1.37. The molecule has 3 aliphatic rings. The van der Waals surface area contributed by atoms with E-state index in [1.54, 1.807) is 6.07 Å². The summed E-state index contributed by atoms with van der Waals surface area (Å²) >= 11 is 0. The number of nitrogens with one attached hydrogen (secondary N) is 1. The minimum Gasteiger partial charge on any atom is -0.342 e. The van der Waals surface area contributed by atoms with Crippen LogP contribution in [0.1, 0.15) is 37.8 Å². The Morgan fingerprint density at radius 1 is 1.18 bits per heavy atom. The molecule has 1 aromatic heterocycles. The molecule has 1 saturated heterocycles. The lowest BCUT2D eigenvalue weighted by Gasteiger charge is -2.37. The highest BCUT2D eigenvalue weighted by Gasteiger charge is 2.50. The SMILES string of the molecule is Cc1cccc(NC(=O)C2CCCN(C(=O)C3C4CCC(C4)C3N)C2)n1.Cl.Cl. The predicted molar refractivity (Wildman–Crippen MR) is 114 cm³/mol. The van der Waals surface area contributed by atoms with Gasteiger partial charge in [-0.2, -0.15) is 0 Å². The van der Waals surface area contributed by atoms with Crippen molar-refractivity contribution < 1.29 is 9.59 Å². The van der Waals surface area contributed by atoms with E-state index in [9.17, 15) is 9.59 Å². The standard InChI is InChI=1S/C20H28N4O2.2ClH/c1-12-4-2-6-16(22-12)23-19(25)15-5-3-9-24(11-15)20(26)17-13-7-8-14(10-13)18(17)21;;/h2,4,6,13-15,17-18H,3,5,7-11,21H2,1H3,(H,22,23,25);2*1H. The Balaban J connectivity index is 0.00000140. The molecule has 1 aromatic rings. The van der Waals surface area contributed by atoms with Crippen molar-refractivity contribution in [3.8, 4) is 0 Å². The summed E-state index contributed by atoms with van der Waals surface area (Å²) in [4.78, 5) is 31.9. The summed E-state index contributed by atoms with van der Waals surface area (Å²) in [6.07, 6.45) is 5.08. The van der Waals surface area contributed by atoms with Crippen molar-refractivity contribution in [2.75, 3.05) is 18.4 Å². The Morgan fingerprint density at radius 3 is 2.61 bits per heavy atom. The van der Waals surface area contributed by atoms with Gasteiger partial charge in [-0.05, 0) is 63.0 Å². The van der Waals surface area contributed by atoms with E-state index in [4.69, 9.17) is 5.73 Å². The van der Waals surface area contributed by atoms with Crippen LogP contribution in [0, 0.1) is 30.6 Å². The summed E-state index contributed by atoms with van der Waals surface area (Å²) in [5.41, 5.74) is 7.22. The van der Waals surface area contributed by atoms with Crippen LogP contribution in [0.25, 0.3) is 0 Å². The maximum Gasteiger partial charge on any atom is 0.230 e. The van der Waals surface area contributed by atoms with E-state index in [0.29, 0.717) is 24.2 Å². The largest absolute Gasteiger partial charge is 0.342 e. The number of aromatic nitrogens is 1. The van der Waals surface area contributed by atoms with Crippen LogP contribution in [-0.4, -0.2) is 40.8 Å². The molecular formula is C20H30Cl2N4O2. The minimum absolute atomic E-state index is 0. The van der Waals surface area contributed by atoms with Gasteiger partial charge < -0.3 is 16.0 Å². The number of piperidine rings is 1. The topological polar surface area (TPSA) is 88.3 Å². The minimum atomic E-state index is -0.176. The first-order valence-electron chi connectivity index (χ1n) is 9.82. The number of fused-ring (bicyclic) bond motifs is 2. The molecule has 4 rings (SSSR count). The third-order valence-corrected chi connectivity index (χ3v) is 6.51. The first kappa shape index (κ1) is 22.9. The Kier molecular flexibility index (Phi) is 7.71. The van der Waals surface area contributed by atoms with Crippen LogP contribution in [0.3, 0.4) is 0 Å². The van der Waals surface area contributed by atoms with E-state index in [2.05, 4.69) is 10.3 Å². The summed E-state index contributed by atoms with van der Waals surface area (Å²) in [6.45, 7) is 3.14. The molecule has 1 aliphatic heterocycles. The van der Waals surface area contributed by atoms with E-state index in [-0.39, 0.29) is 54.5 Å². The summed E-state index contributed by atoms with van der Waals surface area (Å²) < 4.78 is 0. The van der Waals surface area contributed by atoms with Gasteiger partial charge in [0.15, 0.2) is 0 Å². The van der Waals surface area contributed by atoms with Crippen molar-refractivity contribution in [3.05, 3.63) is 23.9 Å². The fourth-order valence-electron chi connectivity index (χ4n) is 5.15. The van der Waals surface area contributed by atoms with Crippen LogP contribution >= 0.6 is 24.8 Å². The van der Waals surface area contributed by atoms with Gasteiger partial charge in [0, 0.05) is 24.8 Å². The van der Waals surface area contributed by atoms with E-state index >= 15 is 0 Å². The number of likely N-dealkylation sites (tertiary alicyclic amines) is 1. The van der Waals surface area contributed by atoms with E-state index < -0.39 is 0 Å². The highest BCUT2D eigenvalue weighted by atomic mass is 35.5. The first-order chi connectivity index (χ1) is 12.5. The molecule has 2 amide bonds.